The second kappa shape index (κ2) is 17.5. The molecule has 39 heavy (non-hydrogen) atoms. The van der Waals surface area contributed by atoms with E-state index in [2.05, 4.69) is 31.0 Å². The number of carbonyl (C=O) groups is 2. The van der Waals surface area contributed by atoms with E-state index in [1.54, 1.807) is 13.0 Å². The maximum Gasteiger partial charge on any atom is 0.307 e. The maximum absolute atomic E-state index is 12.4. The van der Waals surface area contributed by atoms with Gasteiger partial charge in [-0.25, -0.2) is 0 Å². The number of allylic oxidation sites excluding steroid dienone is 2. The van der Waals surface area contributed by atoms with Crippen LogP contribution in [0.4, 0.5) is 22.1 Å². The van der Waals surface area contributed by atoms with Crippen molar-refractivity contribution in [3.63, 3.8) is 0 Å². The minimum absolute atomic E-state index is 0.0798. The van der Waals surface area contributed by atoms with E-state index in [-0.39, 0.29) is 12.3 Å². The summed E-state index contributed by atoms with van der Waals surface area (Å²) < 4.78 is 0. The molecule has 1 atom stereocenters. The average Bonchev–Trinajstić information content (AvgIpc) is 3.20. The molecular formula is C29H40N6O3S. The molecule has 0 saturated heterocycles. The van der Waals surface area contributed by atoms with Gasteiger partial charge in [0.15, 0.2) is 0 Å². The number of amides is 1. The minimum atomic E-state index is -0.960. The van der Waals surface area contributed by atoms with Gasteiger partial charge in [-0.2, -0.15) is 10.5 Å². The lowest BCUT2D eigenvalue weighted by Crippen LogP contribution is -2.24. The van der Waals surface area contributed by atoms with Gasteiger partial charge in [0.05, 0.1) is 22.9 Å². The van der Waals surface area contributed by atoms with Gasteiger partial charge in [-0.3, -0.25) is 9.59 Å². The lowest BCUT2D eigenvalue weighted by Gasteiger charge is -2.22. The van der Waals surface area contributed by atoms with Crippen molar-refractivity contribution in [3.05, 3.63) is 46.4 Å². The first-order valence-corrected chi connectivity index (χ1v) is 14.0. The minimum Gasteiger partial charge on any atom is -0.481 e. The molecule has 2 rings (SSSR count). The zero-order chi connectivity index (χ0) is 29.4. The van der Waals surface area contributed by atoms with Crippen LogP contribution in [-0.4, -0.2) is 30.1 Å². The fourth-order valence-corrected chi connectivity index (χ4v) is 4.63. The summed E-state index contributed by atoms with van der Waals surface area (Å²) in [6.07, 6.45) is 8.53. The Balaban J connectivity index is 0.000000573. The van der Waals surface area contributed by atoms with Crippen molar-refractivity contribution >= 4 is 45.3 Å². The van der Waals surface area contributed by atoms with Crippen molar-refractivity contribution in [2.24, 2.45) is 5.92 Å². The molecule has 0 bridgehead atoms. The van der Waals surface area contributed by atoms with Gasteiger partial charge in [0.1, 0.15) is 22.0 Å². The second-order valence-corrected chi connectivity index (χ2v) is 10.0. The lowest BCUT2D eigenvalue weighted by atomic mass is 10.0. The molecule has 10 heteroatoms. The van der Waals surface area contributed by atoms with Crippen LogP contribution in [0.2, 0.25) is 0 Å². The van der Waals surface area contributed by atoms with E-state index in [4.69, 9.17) is 22.0 Å². The summed E-state index contributed by atoms with van der Waals surface area (Å²) in [5.41, 5.74) is 14.5. The number of aliphatic carboxylic acids is 1. The van der Waals surface area contributed by atoms with Gasteiger partial charge in [0.25, 0.3) is 0 Å². The van der Waals surface area contributed by atoms with Crippen LogP contribution < -0.4 is 21.7 Å². The molecule has 0 fully saturated rings. The fraction of sp³-hybridized carbons (Fsp3) is 0.448. The normalized spacial score (nSPS) is 11.1. The Labute approximate surface area is 235 Å². The van der Waals surface area contributed by atoms with E-state index < -0.39 is 11.9 Å². The zero-order valence-corrected chi connectivity index (χ0v) is 24.1. The summed E-state index contributed by atoms with van der Waals surface area (Å²) in [7, 11) is 0. The molecular weight excluding hydrogens is 512 g/mol. The highest BCUT2D eigenvalue weighted by Gasteiger charge is 2.20. The van der Waals surface area contributed by atoms with Crippen molar-refractivity contribution < 1.29 is 14.7 Å². The van der Waals surface area contributed by atoms with Gasteiger partial charge in [-0.1, -0.05) is 31.9 Å². The summed E-state index contributed by atoms with van der Waals surface area (Å²) in [4.78, 5) is 26.6. The number of unbranched alkanes of at least 4 members (excludes halogenated alkanes) is 3. The smallest absolute Gasteiger partial charge is 0.307 e. The van der Waals surface area contributed by atoms with Crippen LogP contribution in [0.3, 0.4) is 0 Å². The molecule has 1 heterocycles. The highest BCUT2D eigenvalue weighted by Crippen LogP contribution is 2.29. The molecule has 0 aliphatic rings. The van der Waals surface area contributed by atoms with Gasteiger partial charge in [0.2, 0.25) is 5.91 Å². The number of carboxylic acids is 1. The van der Waals surface area contributed by atoms with Crippen molar-refractivity contribution in [2.75, 3.05) is 34.8 Å². The van der Waals surface area contributed by atoms with Crippen molar-refractivity contribution in [2.45, 2.75) is 66.2 Å². The molecule has 9 nitrogen and oxygen atoms in total. The van der Waals surface area contributed by atoms with Gasteiger partial charge in [-0.05, 0) is 63.8 Å². The molecule has 210 valence electrons. The molecule has 6 N–H and O–H groups in total. The third-order valence-electron chi connectivity index (χ3n) is 6.17. The first-order chi connectivity index (χ1) is 18.6. The number of nitrogens with one attached hydrogen (secondary N) is 1. The third-order valence-corrected chi connectivity index (χ3v) is 7.20. The highest BCUT2D eigenvalue weighted by atomic mass is 32.1. The Hall–Kier alpha value is -4.02. The third kappa shape index (κ3) is 10.7. The summed E-state index contributed by atoms with van der Waals surface area (Å²) >= 11 is 1.16. The molecule has 1 aromatic heterocycles. The standard InChI is InChI=1S/C22H35N3O3.C7H5N3S/c1-4-7-8-9-10-11-12-17(22(27)28)15-21(26)24-20-16-18(13-14-19(20)23)25(5-2)6-3;1-4-5(2-8)7(10)11-6(4)3-9/h10-11,13-14,16-17H,4-9,12,15,23H2,1-3H3,(H,24,26)(H,27,28);10H2,1H3/b11-10+;. The number of thiophene rings is 1. The van der Waals surface area contributed by atoms with Crippen molar-refractivity contribution in [3.8, 4) is 12.1 Å². The van der Waals surface area contributed by atoms with E-state index in [9.17, 15) is 14.7 Å². The number of anilines is 4. The predicted octanol–water partition coefficient (Wildman–Crippen LogP) is 6.05. The Morgan fingerprint density at radius 3 is 2.33 bits per heavy atom. The summed E-state index contributed by atoms with van der Waals surface area (Å²) in [5, 5.41) is 29.8. The average molecular weight is 553 g/mol. The Kier molecular flexibility index (Phi) is 14.8. The van der Waals surface area contributed by atoms with Crippen LogP contribution in [0.15, 0.2) is 30.4 Å². The highest BCUT2D eigenvalue weighted by molar-refractivity contribution is 7.16. The van der Waals surface area contributed by atoms with E-state index in [0.29, 0.717) is 38.8 Å². The summed E-state index contributed by atoms with van der Waals surface area (Å²) in [6, 6.07) is 9.45. The Morgan fingerprint density at radius 2 is 1.82 bits per heavy atom. The number of benzene rings is 1. The van der Waals surface area contributed by atoms with Gasteiger partial charge in [-0.15, -0.1) is 11.3 Å². The number of carbonyl (C=O) groups excluding carboxylic acids is 1. The van der Waals surface area contributed by atoms with Gasteiger partial charge >= 0.3 is 5.97 Å². The lowest BCUT2D eigenvalue weighted by molar-refractivity contribution is -0.143. The van der Waals surface area contributed by atoms with Crippen molar-refractivity contribution in [1.29, 1.82) is 10.5 Å². The Bertz CT molecular complexity index is 1200. The van der Waals surface area contributed by atoms with Gasteiger partial charge in [0, 0.05) is 25.2 Å². The molecule has 1 aromatic carbocycles. The van der Waals surface area contributed by atoms with Crippen LogP contribution in [-0.2, 0) is 9.59 Å². The topological polar surface area (TPSA) is 169 Å². The van der Waals surface area contributed by atoms with Crippen molar-refractivity contribution in [1.82, 2.24) is 0 Å². The zero-order valence-electron chi connectivity index (χ0n) is 23.3. The number of nitrogens with two attached hydrogens (primary N) is 2. The number of nitriles is 2. The van der Waals surface area contributed by atoms with E-state index in [1.807, 2.05) is 36.4 Å². The molecule has 0 aliphatic heterocycles. The number of nitrogens with zero attached hydrogens (tertiary/aromatic N) is 3. The quantitative estimate of drug-likeness (QED) is 0.132. The molecule has 0 saturated carbocycles. The molecule has 0 spiro atoms. The van der Waals surface area contributed by atoms with Crippen LogP contribution in [0.5, 0.6) is 0 Å². The maximum atomic E-state index is 12.4. The fourth-order valence-electron chi connectivity index (χ4n) is 3.81. The summed E-state index contributed by atoms with van der Waals surface area (Å²) in [6.45, 7) is 9.69. The number of carboxylic acid groups (broad SMARTS) is 1. The predicted molar refractivity (Wildman–Crippen MR) is 160 cm³/mol. The molecule has 1 amide bonds. The van der Waals surface area contributed by atoms with E-state index in [1.165, 1.54) is 6.42 Å². The Morgan fingerprint density at radius 1 is 1.13 bits per heavy atom. The first-order valence-electron chi connectivity index (χ1n) is 13.1. The second-order valence-electron chi connectivity index (χ2n) is 8.95. The van der Waals surface area contributed by atoms with E-state index in [0.717, 1.165) is 49.4 Å². The summed E-state index contributed by atoms with van der Waals surface area (Å²) in [5.74, 6) is -2.04. The van der Waals surface area contributed by atoms with Crippen LogP contribution in [0, 0.1) is 35.5 Å². The largest absolute Gasteiger partial charge is 0.481 e. The van der Waals surface area contributed by atoms with Crippen LogP contribution in [0.1, 0.15) is 75.3 Å². The van der Waals surface area contributed by atoms with Gasteiger partial charge < -0.3 is 26.8 Å². The number of rotatable bonds is 13. The van der Waals surface area contributed by atoms with Crippen LogP contribution >= 0.6 is 11.3 Å². The molecule has 1 unspecified atom stereocenters. The number of hydrogen-bond donors (Lipinski definition) is 4. The molecule has 0 aliphatic carbocycles. The SMILES string of the molecule is CCCCC/C=C/CC(CC(=O)Nc1cc(N(CC)CC)ccc1N)C(=O)O.Cc1c(C#N)sc(N)c1C#N. The monoisotopic (exact) mass is 552 g/mol. The molecule has 0 radical (unpaired) electrons. The number of hydrogen-bond acceptors (Lipinski definition) is 8. The number of nitrogen functional groups attached to an aromatic ring is 2. The molecule has 2 aromatic rings. The first kappa shape index (κ1) is 33.0. The van der Waals surface area contributed by atoms with E-state index >= 15 is 0 Å². The van der Waals surface area contributed by atoms with Crippen LogP contribution in [0.25, 0.3) is 0 Å².